The molecule has 0 unspecified atom stereocenters. The van der Waals surface area contributed by atoms with Gasteiger partial charge in [0.1, 0.15) is 5.76 Å². The number of pyridine rings is 1. The number of nitrogen functional groups attached to an aromatic ring is 1. The molecule has 72 valence electrons. The highest BCUT2D eigenvalue weighted by Crippen LogP contribution is 2.14. The van der Waals surface area contributed by atoms with Gasteiger partial charge >= 0.3 is 0 Å². The van der Waals surface area contributed by atoms with Crippen LogP contribution in [0.4, 0.5) is 6.01 Å². The van der Waals surface area contributed by atoms with Crippen LogP contribution in [-0.2, 0) is 6.42 Å². The maximum atomic E-state index is 5.44. The van der Waals surface area contributed by atoms with E-state index in [0.29, 0.717) is 6.42 Å². The van der Waals surface area contributed by atoms with Crippen molar-refractivity contribution < 1.29 is 4.42 Å². The van der Waals surface area contributed by atoms with Gasteiger partial charge in [-0.05, 0) is 18.6 Å². The first-order valence-electron chi connectivity index (χ1n) is 4.36. The molecule has 0 radical (unpaired) electrons. The number of aryl methyl sites for hydroxylation is 1. The lowest BCUT2D eigenvalue weighted by atomic mass is 10.1. The molecule has 0 atom stereocenters. The second kappa shape index (κ2) is 3.49. The van der Waals surface area contributed by atoms with Crippen LogP contribution in [0.5, 0.6) is 0 Å². The summed E-state index contributed by atoms with van der Waals surface area (Å²) in [6.07, 6.45) is 4.26. The Balaban J connectivity index is 2.23. The van der Waals surface area contributed by atoms with Gasteiger partial charge in [-0.25, -0.2) is 0 Å². The smallest absolute Gasteiger partial charge is 0.292 e. The predicted octanol–water partition coefficient (Wildman–Crippen LogP) is 1.55. The van der Waals surface area contributed by atoms with E-state index in [1.54, 1.807) is 6.20 Å². The SMILES string of the molecule is Cc1oc(N)nc1Cc1cccnc1. The highest BCUT2D eigenvalue weighted by molar-refractivity contribution is 5.25. The third-order valence-electron chi connectivity index (χ3n) is 2.00. The normalized spacial score (nSPS) is 10.4. The van der Waals surface area contributed by atoms with E-state index in [1.807, 2.05) is 25.3 Å². The first-order valence-corrected chi connectivity index (χ1v) is 4.36. The van der Waals surface area contributed by atoms with E-state index in [-0.39, 0.29) is 6.01 Å². The highest BCUT2D eigenvalue weighted by Gasteiger charge is 2.07. The van der Waals surface area contributed by atoms with Crippen LogP contribution < -0.4 is 5.73 Å². The van der Waals surface area contributed by atoms with Crippen LogP contribution in [0.25, 0.3) is 0 Å². The average Bonchev–Trinajstić information content (AvgIpc) is 2.47. The Labute approximate surface area is 81.8 Å². The van der Waals surface area contributed by atoms with Gasteiger partial charge in [0.15, 0.2) is 0 Å². The fourth-order valence-electron chi connectivity index (χ4n) is 1.31. The zero-order chi connectivity index (χ0) is 9.97. The quantitative estimate of drug-likeness (QED) is 0.778. The summed E-state index contributed by atoms with van der Waals surface area (Å²) in [5.74, 6) is 0.770. The summed E-state index contributed by atoms with van der Waals surface area (Å²) < 4.78 is 5.13. The van der Waals surface area contributed by atoms with E-state index in [4.69, 9.17) is 10.2 Å². The van der Waals surface area contributed by atoms with Crippen LogP contribution >= 0.6 is 0 Å². The number of nitrogens with zero attached hydrogens (tertiary/aromatic N) is 2. The van der Waals surface area contributed by atoms with Gasteiger partial charge in [0.25, 0.3) is 6.01 Å². The van der Waals surface area contributed by atoms with E-state index >= 15 is 0 Å². The number of oxazole rings is 1. The number of rotatable bonds is 2. The van der Waals surface area contributed by atoms with Crippen molar-refractivity contribution in [2.45, 2.75) is 13.3 Å². The molecule has 2 rings (SSSR count). The standard InChI is InChI=1S/C10H11N3O/c1-7-9(13-10(11)14-7)5-8-3-2-4-12-6-8/h2-4,6H,5H2,1H3,(H2,11,13). The maximum absolute atomic E-state index is 5.44. The van der Waals surface area contributed by atoms with Crippen LogP contribution in [0, 0.1) is 6.92 Å². The summed E-state index contributed by atoms with van der Waals surface area (Å²) in [4.78, 5) is 8.12. The summed E-state index contributed by atoms with van der Waals surface area (Å²) in [5.41, 5.74) is 7.41. The second-order valence-electron chi connectivity index (χ2n) is 3.09. The maximum Gasteiger partial charge on any atom is 0.292 e. The van der Waals surface area contributed by atoms with Gasteiger partial charge in [0.2, 0.25) is 0 Å². The Kier molecular flexibility index (Phi) is 2.18. The molecule has 0 aliphatic heterocycles. The molecule has 2 N–H and O–H groups in total. The molecule has 14 heavy (non-hydrogen) atoms. The molecular formula is C10H11N3O. The first-order chi connectivity index (χ1) is 6.75. The minimum Gasteiger partial charge on any atom is -0.429 e. The molecule has 2 heterocycles. The topological polar surface area (TPSA) is 64.9 Å². The molecule has 0 saturated heterocycles. The molecule has 0 aromatic carbocycles. The van der Waals surface area contributed by atoms with Gasteiger partial charge < -0.3 is 10.2 Å². The van der Waals surface area contributed by atoms with E-state index in [0.717, 1.165) is 17.0 Å². The lowest BCUT2D eigenvalue weighted by Gasteiger charge is -1.96. The number of anilines is 1. The van der Waals surface area contributed by atoms with Gasteiger partial charge in [0, 0.05) is 18.8 Å². The average molecular weight is 189 g/mol. The van der Waals surface area contributed by atoms with Crippen molar-refractivity contribution in [1.82, 2.24) is 9.97 Å². The van der Waals surface area contributed by atoms with Crippen molar-refractivity contribution in [2.75, 3.05) is 5.73 Å². The molecule has 0 amide bonds. The molecular weight excluding hydrogens is 178 g/mol. The minimum absolute atomic E-state index is 0.224. The van der Waals surface area contributed by atoms with Crippen molar-refractivity contribution >= 4 is 6.01 Å². The van der Waals surface area contributed by atoms with Crippen LogP contribution in [0.2, 0.25) is 0 Å². The second-order valence-corrected chi connectivity index (χ2v) is 3.09. The molecule has 0 spiro atoms. The van der Waals surface area contributed by atoms with Gasteiger partial charge in [-0.15, -0.1) is 0 Å². The lowest BCUT2D eigenvalue weighted by molar-refractivity contribution is 0.545. The van der Waals surface area contributed by atoms with Gasteiger partial charge in [0.05, 0.1) is 5.69 Å². The molecule has 0 aliphatic rings. The molecule has 0 fully saturated rings. The van der Waals surface area contributed by atoms with Crippen molar-refractivity contribution in [3.8, 4) is 0 Å². The summed E-state index contributed by atoms with van der Waals surface area (Å²) in [6.45, 7) is 1.86. The zero-order valence-corrected chi connectivity index (χ0v) is 7.90. The largest absolute Gasteiger partial charge is 0.429 e. The lowest BCUT2D eigenvalue weighted by Crippen LogP contribution is -1.92. The van der Waals surface area contributed by atoms with Crippen molar-refractivity contribution in [1.29, 1.82) is 0 Å². The molecule has 4 nitrogen and oxygen atoms in total. The molecule has 4 heteroatoms. The Hall–Kier alpha value is -1.84. The Morgan fingerprint density at radius 2 is 2.36 bits per heavy atom. The molecule has 0 saturated carbocycles. The Morgan fingerprint density at radius 3 is 2.93 bits per heavy atom. The van der Waals surface area contributed by atoms with Crippen molar-refractivity contribution in [2.24, 2.45) is 0 Å². The fourth-order valence-corrected chi connectivity index (χ4v) is 1.31. The van der Waals surface area contributed by atoms with E-state index < -0.39 is 0 Å². The number of nitrogens with two attached hydrogens (primary N) is 1. The number of hydrogen-bond acceptors (Lipinski definition) is 4. The first kappa shape index (κ1) is 8.74. The minimum atomic E-state index is 0.224. The number of aromatic nitrogens is 2. The van der Waals surface area contributed by atoms with E-state index in [1.165, 1.54) is 0 Å². The summed E-state index contributed by atoms with van der Waals surface area (Å²) in [7, 11) is 0. The van der Waals surface area contributed by atoms with Crippen molar-refractivity contribution in [3.05, 3.63) is 41.5 Å². The monoisotopic (exact) mass is 189 g/mol. The predicted molar refractivity (Wildman–Crippen MR) is 52.7 cm³/mol. The van der Waals surface area contributed by atoms with Crippen molar-refractivity contribution in [3.63, 3.8) is 0 Å². The zero-order valence-electron chi connectivity index (χ0n) is 7.90. The molecule has 2 aromatic heterocycles. The third-order valence-corrected chi connectivity index (χ3v) is 2.00. The fraction of sp³-hybridized carbons (Fsp3) is 0.200. The molecule has 0 bridgehead atoms. The van der Waals surface area contributed by atoms with Gasteiger partial charge in [-0.2, -0.15) is 4.98 Å². The molecule has 0 aliphatic carbocycles. The summed E-state index contributed by atoms with van der Waals surface area (Å²) >= 11 is 0. The third kappa shape index (κ3) is 1.74. The summed E-state index contributed by atoms with van der Waals surface area (Å²) in [6, 6.07) is 4.12. The number of hydrogen-bond donors (Lipinski definition) is 1. The van der Waals surface area contributed by atoms with E-state index in [9.17, 15) is 0 Å². The van der Waals surface area contributed by atoms with Crippen LogP contribution in [0.1, 0.15) is 17.0 Å². The van der Waals surface area contributed by atoms with Crippen LogP contribution in [-0.4, -0.2) is 9.97 Å². The van der Waals surface area contributed by atoms with Gasteiger partial charge in [-0.1, -0.05) is 6.07 Å². The highest BCUT2D eigenvalue weighted by atomic mass is 16.4. The van der Waals surface area contributed by atoms with Gasteiger partial charge in [-0.3, -0.25) is 4.98 Å². The van der Waals surface area contributed by atoms with E-state index in [2.05, 4.69) is 9.97 Å². The Morgan fingerprint density at radius 1 is 1.50 bits per heavy atom. The summed E-state index contributed by atoms with van der Waals surface area (Å²) in [5, 5.41) is 0. The molecule has 2 aromatic rings. The Bertz CT molecular complexity index is 422. The van der Waals surface area contributed by atoms with Crippen LogP contribution in [0.15, 0.2) is 28.9 Å². The van der Waals surface area contributed by atoms with Crippen LogP contribution in [0.3, 0.4) is 0 Å².